The number of hydrogen-bond acceptors (Lipinski definition) is 5. The predicted molar refractivity (Wildman–Crippen MR) is 78.8 cm³/mol. The molecule has 4 N–H and O–H groups in total. The molecule has 0 amide bonds. The van der Waals surface area contributed by atoms with Crippen molar-refractivity contribution in [1.29, 1.82) is 0 Å². The van der Waals surface area contributed by atoms with Gasteiger partial charge < -0.3 is 24.6 Å². The fraction of sp³-hybridized carbons (Fsp3) is 0.500. The molecule has 0 atom stereocenters. The number of nitrogen functional groups attached to an aromatic ring is 1. The highest BCUT2D eigenvalue weighted by Crippen LogP contribution is 1.95. The standard InChI is InChI=1S/C6H7N.2C3H9N.H2O4S/c7-6-4-2-1-3-5-6;2*1-4(2)3;1-5(2,3)4/h1-5H,7H2;2*1-3H3;(H2,1,2,3,4). The lowest BCUT2D eigenvalue weighted by Gasteiger charge is -2.06. The van der Waals surface area contributed by atoms with Crippen molar-refractivity contribution in [1.82, 2.24) is 0 Å². The van der Waals surface area contributed by atoms with Gasteiger partial charge >= 0.3 is 0 Å². The quantitative estimate of drug-likeness (QED) is 0.277. The maximum atomic E-state index is 8.52. The first-order valence-electron chi connectivity index (χ1n) is 5.87. The van der Waals surface area contributed by atoms with Crippen molar-refractivity contribution < 1.29 is 27.3 Å². The fourth-order valence-electron chi connectivity index (χ4n) is 0.453. The van der Waals surface area contributed by atoms with Crippen LogP contribution in [-0.4, -0.2) is 59.8 Å². The zero-order valence-electron chi connectivity index (χ0n) is 13.0. The van der Waals surface area contributed by atoms with Crippen LogP contribution in [0.5, 0.6) is 0 Å². The van der Waals surface area contributed by atoms with Gasteiger partial charge in [0.25, 0.3) is 0 Å². The van der Waals surface area contributed by atoms with Gasteiger partial charge in [-0.1, -0.05) is 18.2 Å². The molecule has 0 fully saturated rings. The van der Waals surface area contributed by atoms with Crippen LogP contribution in [-0.2, 0) is 10.4 Å². The number of benzene rings is 1. The van der Waals surface area contributed by atoms with Crippen LogP contribution in [0.1, 0.15) is 0 Å². The molecule has 0 aliphatic heterocycles. The van der Waals surface area contributed by atoms with E-state index in [0.29, 0.717) is 0 Å². The van der Waals surface area contributed by atoms with Gasteiger partial charge in [-0.05, 0) is 12.1 Å². The zero-order valence-corrected chi connectivity index (χ0v) is 13.8. The van der Waals surface area contributed by atoms with E-state index in [0.717, 1.165) is 5.69 Å². The highest BCUT2D eigenvalue weighted by atomic mass is 32.3. The molecule has 0 heterocycles. The molecule has 0 bridgehead atoms. The molecule has 120 valence electrons. The minimum Gasteiger partial charge on any atom is -0.759 e. The highest BCUT2D eigenvalue weighted by molar-refractivity contribution is 7.79. The maximum Gasteiger partial charge on any atom is 0.0661 e. The number of hydrogen-bond donors (Lipinski definition) is 3. The van der Waals surface area contributed by atoms with Crippen molar-refractivity contribution in [2.75, 3.05) is 48.0 Å². The highest BCUT2D eigenvalue weighted by Gasteiger charge is 1.72. The Hall–Kier alpha value is -1.19. The number of nitrogens with one attached hydrogen (secondary N) is 2. The van der Waals surface area contributed by atoms with E-state index in [1.807, 2.05) is 30.3 Å². The van der Waals surface area contributed by atoms with Crippen molar-refractivity contribution in [2.24, 2.45) is 0 Å². The van der Waals surface area contributed by atoms with Gasteiger partial charge in [-0.25, -0.2) is 0 Å². The lowest BCUT2D eigenvalue weighted by Crippen LogP contribution is -3.02. The third-order valence-corrected chi connectivity index (χ3v) is 0.800. The van der Waals surface area contributed by atoms with Crippen molar-refractivity contribution in [2.45, 2.75) is 0 Å². The first kappa shape index (κ1) is 23.9. The Morgan fingerprint density at radius 1 is 0.850 bits per heavy atom. The fourth-order valence-corrected chi connectivity index (χ4v) is 0.453. The molecular formula is C12H27N3O4S. The summed E-state index contributed by atoms with van der Waals surface area (Å²) in [5.41, 5.74) is 6.18. The monoisotopic (exact) mass is 309 g/mol. The number of anilines is 1. The maximum absolute atomic E-state index is 8.52. The molecule has 0 aliphatic rings. The first-order chi connectivity index (χ1) is 8.86. The Kier molecular flexibility index (Phi) is 17.0. The van der Waals surface area contributed by atoms with Gasteiger partial charge in [-0.3, -0.25) is 8.42 Å². The minimum absolute atomic E-state index is 0.822. The number of rotatable bonds is 0. The second-order valence-electron chi connectivity index (χ2n) is 4.82. The van der Waals surface area contributed by atoms with E-state index in [1.54, 1.807) is 0 Å². The average Bonchev–Trinajstić information content (AvgIpc) is 2.13. The van der Waals surface area contributed by atoms with E-state index < -0.39 is 10.4 Å². The summed E-state index contributed by atoms with van der Waals surface area (Å²) in [7, 11) is 7.33. The molecule has 0 aromatic heterocycles. The normalized spacial score (nSPS) is 9.50. The summed E-state index contributed by atoms with van der Waals surface area (Å²) < 4.78 is 34.1. The number of nitrogens with two attached hydrogens (primary N) is 1. The van der Waals surface area contributed by atoms with Crippen LogP contribution in [0.3, 0.4) is 0 Å². The zero-order chi connectivity index (χ0) is 16.8. The molecular weight excluding hydrogens is 282 g/mol. The number of quaternary nitrogens is 2. The summed E-state index contributed by atoms with van der Waals surface area (Å²) in [5, 5.41) is 0. The Morgan fingerprint density at radius 2 is 1.05 bits per heavy atom. The van der Waals surface area contributed by atoms with E-state index in [2.05, 4.69) is 42.3 Å². The predicted octanol–water partition coefficient (Wildman–Crippen LogP) is -2.55. The summed E-state index contributed by atoms with van der Waals surface area (Å²) in [6, 6.07) is 9.49. The summed E-state index contributed by atoms with van der Waals surface area (Å²) in [6.45, 7) is 0. The van der Waals surface area contributed by atoms with Crippen molar-refractivity contribution in [3.8, 4) is 0 Å². The van der Waals surface area contributed by atoms with Gasteiger partial charge in [-0.2, -0.15) is 0 Å². The molecule has 1 rings (SSSR count). The molecule has 8 heteroatoms. The van der Waals surface area contributed by atoms with E-state index in [1.165, 1.54) is 9.80 Å². The van der Waals surface area contributed by atoms with Gasteiger partial charge in [0.15, 0.2) is 0 Å². The van der Waals surface area contributed by atoms with Gasteiger partial charge in [0.1, 0.15) is 0 Å². The molecule has 0 saturated heterocycles. The Balaban J connectivity index is -0.000000201. The van der Waals surface area contributed by atoms with Crippen molar-refractivity contribution in [3.05, 3.63) is 30.3 Å². The third kappa shape index (κ3) is 90.6. The summed E-state index contributed by atoms with van der Waals surface area (Å²) >= 11 is 0. The molecule has 0 aliphatic carbocycles. The lowest BCUT2D eigenvalue weighted by atomic mass is 10.3. The molecule has 0 unspecified atom stereocenters. The van der Waals surface area contributed by atoms with Crippen LogP contribution in [0, 0.1) is 0 Å². The Morgan fingerprint density at radius 3 is 1.15 bits per heavy atom. The molecule has 20 heavy (non-hydrogen) atoms. The molecule has 7 nitrogen and oxygen atoms in total. The van der Waals surface area contributed by atoms with Crippen LogP contribution in [0.25, 0.3) is 0 Å². The van der Waals surface area contributed by atoms with Crippen LogP contribution < -0.4 is 15.5 Å². The largest absolute Gasteiger partial charge is 0.759 e. The van der Waals surface area contributed by atoms with Crippen LogP contribution >= 0.6 is 0 Å². The molecule has 0 spiro atoms. The Bertz CT molecular complexity index is 375. The second-order valence-corrected chi connectivity index (χ2v) is 5.64. The van der Waals surface area contributed by atoms with Gasteiger partial charge in [-0.15, -0.1) is 0 Å². The van der Waals surface area contributed by atoms with Crippen molar-refractivity contribution >= 4 is 16.1 Å². The summed E-state index contributed by atoms with van der Waals surface area (Å²) in [5.74, 6) is 0. The topological polar surface area (TPSA) is 115 Å². The first-order valence-corrected chi connectivity index (χ1v) is 7.20. The smallest absolute Gasteiger partial charge is 0.0661 e. The number of para-hydroxylation sites is 1. The van der Waals surface area contributed by atoms with E-state index >= 15 is 0 Å². The SMILES string of the molecule is C[NH+](C)C.C[NH+](C)C.Nc1ccccc1.O=S(=O)([O-])[O-]. The second kappa shape index (κ2) is 14.2. The van der Waals surface area contributed by atoms with E-state index in [9.17, 15) is 0 Å². The van der Waals surface area contributed by atoms with Gasteiger partial charge in [0, 0.05) is 16.1 Å². The Labute approximate surface area is 122 Å². The molecule has 1 aromatic rings. The van der Waals surface area contributed by atoms with Crippen molar-refractivity contribution in [3.63, 3.8) is 0 Å². The molecule has 1 aromatic carbocycles. The van der Waals surface area contributed by atoms with Crippen LogP contribution in [0.15, 0.2) is 30.3 Å². The summed E-state index contributed by atoms with van der Waals surface area (Å²) in [6.07, 6.45) is 0. The van der Waals surface area contributed by atoms with Crippen LogP contribution in [0.4, 0.5) is 5.69 Å². The third-order valence-electron chi connectivity index (χ3n) is 0.800. The minimum atomic E-state index is -5.17. The molecule has 0 saturated carbocycles. The lowest BCUT2D eigenvalue weighted by molar-refractivity contribution is -0.836. The average molecular weight is 309 g/mol. The van der Waals surface area contributed by atoms with E-state index in [-0.39, 0.29) is 0 Å². The van der Waals surface area contributed by atoms with E-state index in [4.69, 9.17) is 23.3 Å². The van der Waals surface area contributed by atoms with Gasteiger partial charge in [0.05, 0.1) is 42.3 Å². The van der Waals surface area contributed by atoms with Crippen LogP contribution in [0.2, 0.25) is 0 Å². The van der Waals surface area contributed by atoms with Gasteiger partial charge in [0.2, 0.25) is 0 Å². The summed E-state index contributed by atoms with van der Waals surface area (Å²) in [4.78, 5) is 2.83. The molecule has 0 radical (unpaired) electrons.